The second-order valence-electron chi connectivity index (χ2n) is 8.19. The van der Waals surface area contributed by atoms with Crippen molar-refractivity contribution in [3.8, 4) is 0 Å². The molecule has 1 N–H and O–H groups in total. The lowest BCUT2D eigenvalue weighted by Crippen LogP contribution is -2.17. The third-order valence-corrected chi connectivity index (χ3v) is 5.05. The second-order valence-corrected chi connectivity index (χ2v) is 8.19. The lowest BCUT2D eigenvalue weighted by atomic mass is 9.86. The maximum atomic E-state index is 12.2. The van der Waals surface area contributed by atoms with Gasteiger partial charge in [0.2, 0.25) is 0 Å². The van der Waals surface area contributed by atoms with Gasteiger partial charge in [-0.2, -0.15) is 0 Å². The summed E-state index contributed by atoms with van der Waals surface area (Å²) in [5.41, 5.74) is 4.56. The SMILES string of the molecule is CC(C)=C\C(C)=C/C(C)=C/C(C(=O)O)=C(\OCc1ccccc1)C1CCCCC1. The molecule has 0 radical (unpaired) electrons. The van der Waals surface area contributed by atoms with Crippen molar-refractivity contribution in [1.29, 1.82) is 0 Å². The van der Waals surface area contributed by atoms with Gasteiger partial charge in [-0.25, -0.2) is 4.79 Å². The number of carboxylic acids is 1. The molecular weight excluding hydrogens is 360 g/mol. The van der Waals surface area contributed by atoms with E-state index in [9.17, 15) is 9.90 Å². The van der Waals surface area contributed by atoms with Crippen molar-refractivity contribution in [1.82, 2.24) is 0 Å². The summed E-state index contributed by atoms with van der Waals surface area (Å²) in [5, 5.41) is 9.98. The molecule has 1 saturated carbocycles. The van der Waals surface area contributed by atoms with Crippen molar-refractivity contribution in [2.75, 3.05) is 0 Å². The summed E-state index contributed by atoms with van der Waals surface area (Å²) in [4.78, 5) is 12.2. The van der Waals surface area contributed by atoms with Gasteiger partial charge in [-0.1, -0.05) is 72.9 Å². The van der Waals surface area contributed by atoms with Gasteiger partial charge < -0.3 is 9.84 Å². The molecule has 0 heterocycles. The second kappa shape index (κ2) is 11.5. The average molecular weight is 395 g/mol. The lowest BCUT2D eigenvalue weighted by Gasteiger charge is -2.26. The fourth-order valence-corrected chi connectivity index (χ4v) is 3.88. The molecule has 0 bridgehead atoms. The molecule has 2 rings (SSSR count). The predicted molar refractivity (Wildman–Crippen MR) is 119 cm³/mol. The van der Waals surface area contributed by atoms with Crippen LogP contribution >= 0.6 is 0 Å². The summed E-state index contributed by atoms with van der Waals surface area (Å²) in [6, 6.07) is 9.93. The molecule has 29 heavy (non-hydrogen) atoms. The molecule has 156 valence electrons. The van der Waals surface area contributed by atoms with E-state index in [1.54, 1.807) is 6.08 Å². The van der Waals surface area contributed by atoms with Gasteiger partial charge in [0.1, 0.15) is 12.4 Å². The van der Waals surface area contributed by atoms with Crippen LogP contribution < -0.4 is 0 Å². The maximum absolute atomic E-state index is 12.2. The van der Waals surface area contributed by atoms with E-state index >= 15 is 0 Å². The number of aliphatic carboxylic acids is 1. The van der Waals surface area contributed by atoms with Gasteiger partial charge in [0.05, 0.1) is 5.57 Å². The Labute approximate surface area is 175 Å². The summed E-state index contributed by atoms with van der Waals surface area (Å²) in [7, 11) is 0. The third kappa shape index (κ3) is 7.77. The van der Waals surface area contributed by atoms with Crippen LogP contribution in [0.5, 0.6) is 0 Å². The summed E-state index contributed by atoms with van der Waals surface area (Å²) >= 11 is 0. The van der Waals surface area contributed by atoms with E-state index in [1.165, 1.54) is 12.0 Å². The Bertz CT molecular complexity index is 800. The average Bonchev–Trinajstić information content (AvgIpc) is 2.68. The van der Waals surface area contributed by atoms with Crippen LogP contribution in [0.25, 0.3) is 0 Å². The summed E-state index contributed by atoms with van der Waals surface area (Å²) in [6.07, 6.45) is 11.3. The fraction of sp³-hybridized carbons (Fsp3) is 0.423. The van der Waals surface area contributed by atoms with E-state index in [1.807, 2.05) is 50.3 Å². The molecule has 0 atom stereocenters. The molecule has 0 spiro atoms. The van der Waals surface area contributed by atoms with E-state index in [4.69, 9.17) is 4.74 Å². The number of carbonyl (C=O) groups is 1. The van der Waals surface area contributed by atoms with E-state index in [0.29, 0.717) is 12.4 Å². The molecule has 0 unspecified atom stereocenters. The van der Waals surface area contributed by atoms with Gasteiger partial charge in [-0.15, -0.1) is 0 Å². The Morgan fingerprint density at radius 2 is 1.59 bits per heavy atom. The first-order chi connectivity index (χ1) is 13.9. The molecule has 0 saturated heterocycles. The number of ether oxygens (including phenoxy) is 1. The molecule has 1 aliphatic rings. The van der Waals surface area contributed by atoms with Crippen LogP contribution in [0, 0.1) is 5.92 Å². The zero-order valence-corrected chi connectivity index (χ0v) is 18.2. The minimum atomic E-state index is -0.925. The fourth-order valence-electron chi connectivity index (χ4n) is 3.88. The molecule has 3 heteroatoms. The van der Waals surface area contributed by atoms with Crippen LogP contribution in [0.4, 0.5) is 0 Å². The summed E-state index contributed by atoms with van der Waals surface area (Å²) in [6.45, 7) is 8.47. The number of hydrogen-bond acceptors (Lipinski definition) is 2. The zero-order chi connectivity index (χ0) is 21.2. The summed E-state index contributed by atoms with van der Waals surface area (Å²) in [5.74, 6) is -0.120. The topological polar surface area (TPSA) is 46.5 Å². The van der Waals surface area contributed by atoms with Gasteiger partial charge in [0.15, 0.2) is 0 Å². The van der Waals surface area contributed by atoms with E-state index in [-0.39, 0.29) is 11.5 Å². The zero-order valence-electron chi connectivity index (χ0n) is 18.2. The van der Waals surface area contributed by atoms with Crippen molar-refractivity contribution in [2.24, 2.45) is 5.92 Å². The van der Waals surface area contributed by atoms with E-state index in [2.05, 4.69) is 19.9 Å². The number of allylic oxidation sites excluding steroid dienone is 6. The van der Waals surface area contributed by atoms with Crippen molar-refractivity contribution >= 4 is 5.97 Å². The van der Waals surface area contributed by atoms with Gasteiger partial charge in [-0.05, 0) is 57.7 Å². The molecule has 1 fully saturated rings. The Hall–Kier alpha value is -2.55. The maximum Gasteiger partial charge on any atom is 0.339 e. The largest absolute Gasteiger partial charge is 0.492 e. The number of rotatable bonds is 8. The standard InChI is InChI=1S/C26H34O3/c1-19(2)15-20(3)16-21(4)17-24(26(27)28)25(23-13-9-6-10-14-23)29-18-22-11-7-5-8-12-22/h5,7-8,11-12,15-17,23H,6,9-10,13-14,18H2,1-4H3,(H,27,28)/b20-16-,21-17+,25-24+. The summed E-state index contributed by atoms with van der Waals surface area (Å²) < 4.78 is 6.18. The predicted octanol–water partition coefficient (Wildman–Crippen LogP) is 6.98. The highest BCUT2D eigenvalue weighted by Crippen LogP contribution is 2.33. The smallest absolute Gasteiger partial charge is 0.339 e. The normalized spacial score (nSPS) is 16.8. The lowest BCUT2D eigenvalue weighted by molar-refractivity contribution is -0.132. The number of benzene rings is 1. The van der Waals surface area contributed by atoms with Gasteiger partial charge in [0, 0.05) is 5.92 Å². The van der Waals surface area contributed by atoms with Crippen LogP contribution in [0.1, 0.15) is 65.4 Å². The number of carboxylic acid groups (broad SMARTS) is 1. The highest BCUT2D eigenvalue weighted by Gasteiger charge is 2.25. The Kier molecular flexibility index (Phi) is 8.98. The molecule has 0 aromatic heterocycles. The Morgan fingerprint density at radius 1 is 0.966 bits per heavy atom. The van der Waals surface area contributed by atoms with Crippen LogP contribution in [0.15, 0.2) is 76.6 Å². The third-order valence-electron chi connectivity index (χ3n) is 5.05. The van der Waals surface area contributed by atoms with E-state index in [0.717, 1.165) is 42.4 Å². The van der Waals surface area contributed by atoms with Crippen molar-refractivity contribution in [2.45, 2.75) is 66.4 Å². The van der Waals surface area contributed by atoms with Crippen LogP contribution in [0.2, 0.25) is 0 Å². The molecule has 0 aliphatic heterocycles. The van der Waals surface area contributed by atoms with Crippen LogP contribution in [-0.4, -0.2) is 11.1 Å². The van der Waals surface area contributed by atoms with Crippen molar-refractivity contribution < 1.29 is 14.6 Å². The van der Waals surface area contributed by atoms with Gasteiger partial charge >= 0.3 is 5.97 Å². The molecular formula is C26H34O3. The first-order valence-electron chi connectivity index (χ1n) is 10.5. The molecule has 1 aromatic carbocycles. The first-order valence-corrected chi connectivity index (χ1v) is 10.5. The number of hydrogen-bond donors (Lipinski definition) is 1. The monoisotopic (exact) mass is 394 g/mol. The Morgan fingerprint density at radius 3 is 2.17 bits per heavy atom. The minimum absolute atomic E-state index is 0.172. The Balaban J connectivity index is 2.39. The van der Waals surface area contributed by atoms with E-state index < -0.39 is 5.97 Å². The quantitative estimate of drug-likeness (QED) is 0.294. The molecule has 1 aliphatic carbocycles. The highest BCUT2D eigenvalue weighted by molar-refractivity contribution is 5.90. The molecule has 3 nitrogen and oxygen atoms in total. The first kappa shape index (κ1) is 22.7. The van der Waals surface area contributed by atoms with Crippen LogP contribution in [0.3, 0.4) is 0 Å². The molecule has 0 amide bonds. The molecule has 1 aromatic rings. The van der Waals surface area contributed by atoms with Crippen LogP contribution in [-0.2, 0) is 16.1 Å². The van der Waals surface area contributed by atoms with Gasteiger partial charge in [0.25, 0.3) is 0 Å². The van der Waals surface area contributed by atoms with Gasteiger partial charge in [-0.3, -0.25) is 0 Å². The van der Waals surface area contributed by atoms with Crippen molar-refractivity contribution in [3.05, 3.63) is 82.2 Å². The highest BCUT2D eigenvalue weighted by atomic mass is 16.5. The minimum Gasteiger partial charge on any atom is -0.492 e. The van der Waals surface area contributed by atoms with Crippen molar-refractivity contribution in [3.63, 3.8) is 0 Å².